The highest BCUT2D eigenvalue weighted by Gasteiger charge is 2.31. The summed E-state index contributed by atoms with van der Waals surface area (Å²) in [6, 6.07) is 11.8. The summed E-state index contributed by atoms with van der Waals surface area (Å²) in [6.45, 7) is 1.24. The summed E-state index contributed by atoms with van der Waals surface area (Å²) in [7, 11) is 2.86. The van der Waals surface area contributed by atoms with Crippen LogP contribution in [0.3, 0.4) is 0 Å². The van der Waals surface area contributed by atoms with Crippen molar-refractivity contribution in [1.82, 2.24) is 4.90 Å². The van der Waals surface area contributed by atoms with Crippen LogP contribution in [-0.4, -0.2) is 43.2 Å². The number of ether oxygens (including phenoxy) is 3. The summed E-state index contributed by atoms with van der Waals surface area (Å²) >= 11 is 0. The van der Waals surface area contributed by atoms with E-state index in [4.69, 9.17) is 14.2 Å². The average molecular weight is 400 g/mol. The van der Waals surface area contributed by atoms with E-state index in [9.17, 15) is 14.9 Å². The van der Waals surface area contributed by atoms with Crippen molar-refractivity contribution in [2.24, 2.45) is 0 Å². The van der Waals surface area contributed by atoms with Gasteiger partial charge in [-0.05, 0) is 30.9 Å². The predicted octanol–water partition coefficient (Wildman–Crippen LogP) is 4.32. The first-order valence-electron chi connectivity index (χ1n) is 9.46. The maximum atomic E-state index is 12.8. The number of nitrogens with zero attached hydrogens (tertiary/aromatic N) is 2. The normalized spacial score (nSPS) is 14.8. The van der Waals surface area contributed by atoms with Crippen molar-refractivity contribution in [2.75, 3.05) is 27.3 Å². The summed E-state index contributed by atoms with van der Waals surface area (Å²) in [6.07, 6.45) is 1.48. The molecule has 2 aromatic carbocycles. The minimum absolute atomic E-state index is 0.206. The lowest BCUT2D eigenvalue weighted by Crippen LogP contribution is -2.36. The van der Waals surface area contributed by atoms with Crippen LogP contribution in [0.15, 0.2) is 42.5 Å². The molecular weight excluding hydrogens is 376 g/mol. The van der Waals surface area contributed by atoms with Gasteiger partial charge in [-0.3, -0.25) is 10.1 Å². The van der Waals surface area contributed by atoms with Crippen LogP contribution in [0.2, 0.25) is 0 Å². The highest BCUT2D eigenvalue weighted by Crippen LogP contribution is 2.41. The Kier molecular flexibility index (Phi) is 6.54. The summed E-state index contributed by atoms with van der Waals surface area (Å²) in [5, 5.41) is 11.8. The molecule has 1 aliphatic heterocycles. The molecule has 1 saturated heterocycles. The lowest BCUT2D eigenvalue weighted by molar-refractivity contribution is -0.386. The molecule has 3 rings (SSSR count). The van der Waals surface area contributed by atoms with E-state index in [0.29, 0.717) is 24.4 Å². The van der Waals surface area contributed by atoms with E-state index in [1.807, 2.05) is 6.07 Å². The molecule has 8 heteroatoms. The van der Waals surface area contributed by atoms with Crippen LogP contribution in [0.4, 0.5) is 10.5 Å². The zero-order valence-electron chi connectivity index (χ0n) is 16.5. The highest BCUT2D eigenvalue weighted by molar-refractivity contribution is 5.69. The zero-order chi connectivity index (χ0) is 20.8. The summed E-state index contributed by atoms with van der Waals surface area (Å²) in [4.78, 5) is 25.7. The molecule has 1 amide bonds. The summed E-state index contributed by atoms with van der Waals surface area (Å²) in [5.41, 5.74) is 0.653. The van der Waals surface area contributed by atoms with Gasteiger partial charge < -0.3 is 19.1 Å². The largest absolute Gasteiger partial charge is 0.493 e. The molecule has 0 N–H and O–H groups in total. The maximum absolute atomic E-state index is 12.8. The van der Waals surface area contributed by atoms with Crippen LogP contribution in [0.25, 0.3) is 0 Å². The fourth-order valence-electron chi connectivity index (χ4n) is 3.44. The number of benzene rings is 2. The number of nitro benzene ring substituents is 1. The number of hydrogen-bond donors (Lipinski definition) is 0. The average Bonchev–Trinajstić information content (AvgIpc) is 2.77. The standard InChI is InChI=1S/C21H24N2O6/c1-27-18-13-16(17(23(25)26)14-19(18)28-2)20(15-9-5-3-6-10-15)29-21(24)22-11-7-4-8-12-22/h3,5-6,9-10,13-14,20H,4,7-8,11-12H2,1-2H3. The SMILES string of the molecule is COc1cc(C(OC(=O)N2CCCCC2)c2ccccc2)c([N+](=O)[O-])cc1OC. The molecule has 0 saturated carbocycles. The first-order chi connectivity index (χ1) is 14.0. The fourth-order valence-corrected chi connectivity index (χ4v) is 3.44. The van der Waals surface area contributed by atoms with Gasteiger partial charge in [-0.1, -0.05) is 30.3 Å². The van der Waals surface area contributed by atoms with Crippen molar-refractivity contribution < 1.29 is 23.9 Å². The Morgan fingerprint density at radius 2 is 1.66 bits per heavy atom. The number of piperidine rings is 1. The molecule has 0 radical (unpaired) electrons. The lowest BCUT2D eigenvalue weighted by atomic mass is 9.99. The summed E-state index contributed by atoms with van der Waals surface area (Å²) in [5.74, 6) is 0.556. The van der Waals surface area contributed by atoms with E-state index in [0.717, 1.165) is 19.3 Å². The summed E-state index contributed by atoms with van der Waals surface area (Å²) < 4.78 is 16.3. The molecule has 1 heterocycles. The monoisotopic (exact) mass is 400 g/mol. The minimum atomic E-state index is -0.953. The first-order valence-corrected chi connectivity index (χ1v) is 9.46. The molecule has 2 aromatic rings. The van der Waals surface area contributed by atoms with Gasteiger partial charge in [0.25, 0.3) is 5.69 Å². The van der Waals surface area contributed by atoms with Crippen molar-refractivity contribution >= 4 is 11.8 Å². The van der Waals surface area contributed by atoms with E-state index in [-0.39, 0.29) is 17.0 Å². The van der Waals surface area contributed by atoms with E-state index in [2.05, 4.69) is 0 Å². The quantitative estimate of drug-likeness (QED) is 0.530. The molecule has 0 spiro atoms. The Morgan fingerprint density at radius 3 is 2.24 bits per heavy atom. The second kappa shape index (κ2) is 9.27. The molecule has 0 bridgehead atoms. The van der Waals surface area contributed by atoms with Crippen molar-refractivity contribution in [1.29, 1.82) is 0 Å². The Labute approximate surface area is 169 Å². The van der Waals surface area contributed by atoms with Crippen LogP contribution >= 0.6 is 0 Å². The fraction of sp³-hybridized carbons (Fsp3) is 0.381. The van der Waals surface area contributed by atoms with E-state index < -0.39 is 17.1 Å². The number of carbonyl (C=O) groups excluding carboxylic acids is 1. The predicted molar refractivity (Wildman–Crippen MR) is 106 cm³/mol. The van der Waals surface area contributed by atoms with Crippen molar-refractivity contribution in [2.45, 2.75) is 25.4 Å². The second-order valence-electron chi connectivity index (χ2n) is 6.75. The Hall–Kier alpha value is -3.29. The van der Waals surface area contributed by atoms with Gasteiger partial charge in [-0.25, -0.2) is 4.79 Å². The number of rotatable bonds is 6. The number of amides is 1. The van der Waals surface area contributed by atoms with Crippen molar-refractivity contribution in [3.63, 3.8) is 0 Å². The van der Waals surface area contributed by atoms with Gasteiger partial charge >= 0.3 is 6.09 Å². The number of carbonyl (C=O) groups is 1. The smallest absolute Gasteiger partial charge is 0.410 e. The lowest BCUT2D eigenvalue weighted by Gasteiger charge is -2.28. The first kappa shape index (κ1) is 20.4. The molecule has 0 aromatic heterocycles. The molecule has 29 heavy (non-hydrogen) atoms. The van der Waals surface area contributed by atoms with Gasteiger partial charge in [0.15, 0.2) is 17.6 Å². The van der Waals surface area contributed by atoms with Crippen LogP contribution in [0.5, 0.6) is 11.5 Å². The van der Waals surface area contributed by atoms with Crippen LogP contribution in [0, 0.1) is 10.1 Å². The number of methoxy groups -OCH3 is 2. The molecule has 8 nitrogen and oxygen atoms in total. The van der Waals surface area contributed by atoms with Gasteiger partial charge in [0.1, 0.15) is 0 Å². The molecule has 1 aliphatic rings. The van der Waals surface area contributed by atoms with Gasteiger partial charge in [0.2, 0.25) is 0 Å². The third kappa shape index (κ3) is 4.59. The Balaban J connectivity index is 2.06. The van der Waals surface area contributed by atoms with Crippen molar-refractivity contribution in [3.8, 4) is 11.5 Å². The molecule has 1 fully saturated rings. The molecule has 154 valence electrons. The van der Waals surface area contributed by atoms with Gasteiger partial charge in [-0.2, -0.15) is 0 Å². The van der Waals surface area contributed by atoms with Crippen LogP contribution in [-0.2, 0) is 4.74 Å². The molecule has 1 unspecified atom stereocenters. The number of likely N-dealkylation sites (tertiary alicyclic amines) is 1. The molecule has 1 atom stereocenters. The Morgan fingerprint density at radius 1 is 1.03 bits per heavy atom. The Bertz CT molecular complexity index is 865. The number of hydrogen-bond acceptors (Lipinski definition) is 6. The van der Waals surface area contributed by atoms with E-state index in [1.54, 1.807) is 29.2 Å². The minimum Gasteiger partial charge on any atom is -0.493 e. The van der Waals surface area contributed by atoms with Gasteiger partial charge in [0, 0.05) is 13.1 Å². The number of nitro groups is 1. The zero-order valence-corrected chi connectivity index (χ0v) is 16.5. The van der Waals surface area contributed by atoms with Crippen LogP contribution in [0.1, 0.15) is 36.5 Å². The second-order valence-corrected chi connectivity index (χ2v) is 6.75. The molecule has 0 aliphatic carbocycles. The van der Waals surface area contributed by atoms with Crippen LogP contribution < -0.4 is 9.47 Å². The van der Waals surface area contributed by atoms with E-state index >= 15 is 0 Å². The highest BCUT2D eigenvalue weighted by atomic mass is 16.6. The third-order valence-electron chi connectivity index (χ3n) is 4.95. The third-order valence-corrected chi connectivity index (χ3v) is 4.95. The molecular formula is C21H24N2O6. The maximum Gasteiger partial charge on any atom is 0.410 e. The van der Waals surface area contributed by atoms with Gasteiger partial charge in [-0.15, -0.1) is 0 Å². The topological polar surface area (TPSA) is 91.1 Å². The van der Waals surface area contributed by atoms with Gasteiger partial charge in [0.05, 0.1) is 30.8 Å². The van der Waals surface area contributed by atoms with Crippen molar-refractivity contribution in [3.05, 3.63) is 63.7 Å². The van der Waals surface area contributed by atoms with E-state index in [1.165, 1.54) is 26.4 Å².